The maximum absolute atomic E-state index is 11.1. The number of aryl methyl sites for hydroxylation is 1. The monoisotopic (exact) mass is 204 g/mol. The molecule has 1 aliphatic rings. The molecule has 2 heteroatoms. The van der Waals surface area contributed by atoms with Crippen molar-refractivity contribution in [2.75, 3.05) is 0 Å². The summed E-state index contributed by atoms with van der Waals surface area (Å²) in [5, 5.41) is 9.15. The van der Waals surface area contributed by atoms with Crippen LogP contribution >= 0.6 is 0 Å². The highest BCUT2D eigenvalue weighted by atomic mass is 16.4. The SMILES string of the molecule is Cc1ccc(C(=O)O)c(C2CCC2)c1C. The Hall–Kier alpha value is -1.31. The van der Waals surface area contributed by atoms with E-state index >= 15 is 0 Å². The summed E-state index contributed by atoms with van der Waals surface area (Å²) in [7, 11) is 0. The summed E-state index contributed by atoms with van der Waals surface area (Å²) >= 11 is 0. The van der Waals surface area contributed by atoms with E-state index in [9.17, 15) is 4.79 Å². The van der Waals surface area contributed by atoms with Gasteiger partial charge in [-0.2, -0.15) is 0 Å². The van der Waals surface area contributed by atoms with Crippen LogP contribution in [-0.2, 0) is 0 Å². The molecule has 0 aliphatic heterocycles. The van der Waals surface area contributed by atoms with Crippen molar-refractivity contribution in [3.8, 4) is 0 Å². The van der Waals surface area contributed by atoms with Gasteiger partial charge in [-0.05, 0) is 55.4 Å². The quantitative estimate of drug-likeness (QED) is 0.802. The Labute approximate surface area is 89.9 Å². The number of benzene rings is 1. The van der Waals surface area contributed by atoms with Gasteiger partial charge in [0.05, 0.1) is 5.56 Å². The maximum atomic E-state index is 11.1. The van der Waals surface area contributed by atoms with Crippen LogP contribution < -0.4 is 0 Å². The molecule has 0 saturated heterocycles. The van der Waals surface area contributed by atoms with Gasteiger partial charge in [0.2, 0.25) is 0 Å². The number of hydrogen-bond donors (Lipinski definition) is 1. The molecule has 0 atom stereocenters. The van der Waals surface area contributed by atoms with Crippen molar-refractivity contribution in [3.63, 3.8) is 0 Å². The van der Waals surface area contributed by atoms with Gasteiger partial charge >= 0.3 is 5.97 Å². The van der Waals surface area contributed by atoms with Crippen LogP contribution in [0.4, 0.5) is 0 Å². The zero-order chi connectivity index (χ0) is 11.0. The van der Waals surface area contributed by atoms with E-state index in [1.54, 1.807) is 6.07 Å². The number of aromatic carboxylic acids is 1. The van der Waals surface area contributed by atoms with Gasteiger partial charge in [-0.1, -0.05) is 12.5 Å². The molecule has 1 saturated carbocycles. The molecule has 0 unspecified atom stereocenters. The van der Waals surface area contributed by atoms with Gasteiger partial charge in [0.1, 0.15) is 0 Å². The van der Waals surface area contributed by atoms with Crippen molar-refractivity contribution in [2.45, 2.75) is 39.0 Å². The minimum atomic E-state index is -0.792. The van der Waals surface area contributed by atoms with Crippen LogP contribution in [0.3, 0.4) is 0 Å². The van der Waals surface area contributed by atoms with Gasteiger partial charge in [0.15, 0.2) is 0 Å². The minimum Gasteiger partial charge on any atom is -0.478 e. The highest BCUT2D eigenvalue weighted by Crippen LogP contribution is 2.40. The summed E-state index contributed by atoms with van der Waals surface area (Å²) in [6, 6.07) is 3.65. The minimum absolute atomic E-state index is 0.482. The Morgan fingerprint density at radius 2 is 2.00 bits per heavy atom. The van der Waals surface area contributed by atoms with Crippen molar-refractivity contribution in [1.82, 2.24) is 0 Å². The molecular formula is C13H16O2. The van der Waals surface area contributed by atoms with E-state index in [0.717, 1.165) is 18.4 Å². The van der Waals surface area contributed by atoms with Crippen molar-refractivity contribution >= 4 is 5.97 Å². The molecule has 1 aliphatic carbocycles. The van der Waals surface area contributed by atoms with Crippen LogP contribution in [0.15, 0.2) is 12.1 Å². The van der Waals surface area contributed by atoms with Gasteiger partial charge in [0.25, 0.3) is 0 Å². The van der Waals surface area contributed by atoms with Crippen LogP contribution in [-0.4, -0.2) is 11.1 Å². The normalized spacial score (nSPS) is 16.1. The summed E-state index contributed by atoms with van der Waals surface area (Å²) in [5.41, 5.74) is 3.94. The van der Waals surface area contributed by atoms with Crippen LogP contribution in [0, 0.1) is 13.8 Å². The average molecular weight is 204 g/mol. The molecule has 2 rings (SSSR count). The maximum Gasteiger partial charge on any atom is 0.335 e. The number of carboxylic acid groups (broad SMARTS) is 1. The third-order valence-electron chi connectivity index (χ3n) is 3.53. The molecule has 0 amide bonds. The van der Waals surface area contributed by atoms with Crippen LogP contribution in [0.1, 0.15) is 52.2 Å². The van der Waals surface area contributed by atoms with Crippen molar-refractivity contribution in [2.24, 2.45) is 0 Å². The van der Waals surface area contributed by atoms with Gasteiger partial charge < -0.3 is 5.11 Å². The smallest absolute Gasteiger partial charge is 0.335 e. The molecule has 2 nitrogen and oxygen atoms in total. The van der Waals surface area contributed by atoms with E-state index in [1.165, 1.54) is 17.5 Å². The number of hydrogen-bond acceptors (Lipinski definition) is 1. The second-order valence-electron chi connectivity index (χ2n) is 4.40. The lowest BCUT2D eigenvalue weighted by Gasteiger charge is -2.29. The summed E-state index contributed by atoms with van der Waals surface area (Å²) in [6.45, 7) is 4.08. The molecule has 15 heavy (non-hydrogen) atoms. The molecule has 1 N–H and O–H groups in total. The summed E-state index contributed by atoms with van der Waals surface area (Å²) in [6.07, 6.45) is 3.52. The van der Waals surface area contributed by atoms with Gasteiger partial charge in [-0.25, -0.2) is 4.79 Å². The number of rotatable bonds is 2. The van der Waals surface area contributed by atoms with Gasteiger partial charge in [-0.15, -0.1) is 0 Å². The first-order valence-corrected chi connectivity index (χ1v) is 5.44. The van der Waals surface area contributed by atoms with E-state index in [0.29, 0.717) is 11.5 Å². The first kappa shape index (κ1) is 10.2. The van der Waals surface area contributed by atoms with Crippen molar-refractivity contribution in [1.29, 1.82) is 0 Å². The zero-order valence-electron chi connectivity index (χ0n) is 9.21. The Morgan fingerprint density at radius 1 is 1.33 bits per heavy atom. The second kappa shape index (κ2) is 3.69. The molecule has 1 fully saturated rings. The highest BCUT2D eigenvalue weighted by Gasteiger charge is 2.26. The first-order chi connectivity index (χ1) is 7.11. The van der Waals surface area contributed by atoms with E-state index < -0.39 is 5.97 Å². The predicted molar refractivity (Wildman–Crippen MR) is 59.5 cm³/mol. The number of carbonyl (C=O) groups is 1. The first-order valence-electron chi connectivity index (χ1n) is 5.44. The molecule has 0 bridgehead atoms. The summed E-state index contributed by atoms with van der Waals surface area (Å²) in [4.78, 5) is 11.1. The fourth-order valence-corrected chi connectivity index (χ4v) is 2.25. The van der Waals surface area contributed by atoms with Crippen LogP contribution in [0.2, 0.25) is 0 Å². The number of carboxylic acids is 1. The summed E-state index contributed by atoms with van der Waals surface area (Å²) in [5.74, 6) is -0.309. The van der Waals surface area contributed by atoms with Crippen molar-refractivity contribution < 1.29 is 9.90 Å². The lowest BCUT2D eigenvalue weighted by Crippen LogP contribution is -2.16. The average Bonchev–Trinajstić information content (AvgIpc) is 2.09. The fraction of sp³-hybridized carbons (Fsp3) is 0.462. The van der Waals surface area contributed by atoms with Crippen molar-refractivity contribution in [3.05, 3.63) is 34.4 Å². The van der Waals surface area contributed by atoms with E-state index in [4.69, 9.17) is 5.11 Å². The molecule has 1 aromatic carbocycles. The predicted octanol–water partition coefficient (Wildman–Crippen LogP) is 3.27. The Bertz CT molecular complexity index is 403. The van der Waals surface area contributed by atoms with Gasteiger partial charge in [-0.3, -0.25) is 0 Å². The van der Waals surface area contributed by atoms with Crippen LogP contribution in [0.5, 0.6) is 0 Å². The largest absolute Gasteiger partial charge is 0.478 e. The second-order valence-corrected chi connectivity index (χ2v) is 4.40. The molecule has 1 aromatic rings. The van der Waals surface area contributed by atoms with E-state index in [-0.39, 0.29) is 0 Å². The van der Waals surface area contributed by atoms with Crippen LogP contribution in [0.25, 0.3) is 0 Å². The molecule has 0 radical (unpaired) electrons. The Kier molecular flexibility index (Phi) is 2.51. The lowest BCUT2D eigenvalue weighted by atomic mass is 9.75. The molecule has 0 aromatic heterocycles. The molecular weight excluding hydrogens is 188 g/mol. The summed E-state index contributed by atoms with van der Waals surface area (Å²) < 4.78 is 0. The molecule has 80 valence electrons. The molecule has 0 heterocycles. The highest BCUT2D eigenvalue weighted by molar-refractivity contribution is 5.90. The lowest BCUT2D eigenvalue weighted by molar-refractivity contribution is 0.0694. The zero-order valence-corrected chi connectivity index (χ0v) is 9.21. The molecule has 0 spiro atoms. The fourth-order valence-electron chi connectivity index (χ4n) is 2.25. The standard InChI is InChI=1S/C13H16O2/c1-8-6-7-11(13(14)15)12(9(8)2)10-4-3-5-10/h6-7,10H,3-5H2,1-2H3,(H,14,15). The third-order valence-corrected chi connectivity index (χ3v) is 3.53. The van der Waals surface area contributed by atoms with Gasteiger partial charge in [0, 0.05) is 0 Å². The van der Waals surface area contributed by atoms with E-state index in [2.05, 4.69) is 0 Å². The Morgan fingerprint density at radius 3 is 2.47 bits per heavy atom. The topological polar surface area (TPSA) is 37.3 Å². The third kappa shape index (κ3) is 1.65. The Balaban J connectivity index is 2.54. The van der Waals surface area contributed by atoms with E-state index in [1.807, 2.05) is 19.9 Å².